The van der Waals surface area contributed by atoms with Gasteiger partial charge >= 0.3 is 0 Å². The molecule has 0 atom stereocenters. The van der Waals surface area contributed by atoms with Crippen molar-refractivity contribution in [2.45, 2.75) is 20.3 Å². The Bertz CT molecular complexity index is 839. The van der Waals surface area contributed by atoms with Gasteiger partial charge in [0.1, 0.15) is 10.8 Å². The summed E-state index contributed by atoms with van der Waals surface area (Å²) in [7, 11) is 0. The van der Waals surface area contributed by atoms with Gasteiger partial charge in [0.2, 0.25) is 0 Å². The Labute approximate surface area is 172 Å². The van der Waals surface area contributed by atoms with Crippen LogP contribution in [0.5, 0.6) is 5.75 Å². The summed E-state index contributed by atoms with van der Waals surface area (Å²) in [6, 6.07) is 7.31. The fourth-order valence-electron chi connectivity index (χ4n) is 1.96. The number of benzene rings is 1. The number of carbonyl (C=O) groups is 1. The van der Waals surface area contributed by atoms with Crippen LogP contribution in [-0.2, 0) is 0 Å². The number of nitrogens with zero attached hydrogens (tertiary/aromatic N) is 2. The number of nitrogens with two attached hydrogens (primary N) is 1. The Balaban J connectivity index is 1.96. The highest BCUT2D eigenvalue weighted by Gasteiger charge is 2.19. The second-order valence-electron chi connectivity index (χ2n) is 6.09. The summed E-state index contributed by atoms with van der Waals surface area (Å²) in [6.07, 6.45) is 2.47. The Hall–Kier alpha value is -2.02. The van der Waals surface area contributed by atoms with Crippen LogP contribution in [0.3, 0.4) is 0 Å². The predicted molar refractivity (Wildman–Crippen MR) is 110 cm³/mol. The summed E-state index contributed by atoms with van der Waals surface area (Å²) < 4.78 is 5.65. The molecule has 9 heteroatoms. The first-order valence-corrected chi connectivity index (χ1v) is 9.29. The van der Waals surface area contributed by atoms with Crippen molar-refractivity contribution in [1.82, 2.24) is 10.4 Å². The normalized spacial score (nSPS) is 11.2. The van der Waals surface area contributed by atoms with Crippen molar-refractivity contribution in [3.05, 3.63) is 50.7 Å². The van der Waals surface area contributed by atoms with E-state index in [0.717, 1.165) is 17.7 Å². The Morgan fingerprint density at radius 2 is 1.93 bits per heavy atom. The van der Waals surface area contributed by atoms with Gasteiger partial charge in [-0.2, -0.15) is 5.10 Å². The maximum atomic E-state index is 12.1. The zero-order valence-electron chi connectivity index (χ0n) is 14.8. The van der Waals surface area contributed by atoms with Crippen molar-refractivity contribution in [3.63, 3.8) is 0 Å². The van der Waals surface area contributed by atoms with Crippen LogP contribution in [0.1, 0.15) is 36.3 Å². The minimum atomic E-state index is -0.657. The van der Waals surface area contributed by atoms with Gasteiger partial charge in [0.25, 0.3) is 5.91 Å². The topological polar surface area (TPSA) is 89.6 Å². The molecular weight excluding hydrogens is 411 g/mol. The van der Waals surface area contributed by atoms with Crippen LogP contribution >= 0.6 is 34.8 Å². The molecule has 0 aliphatic heterocycles. The number of pyridine rings is 1. The highest BCUT2D eigenvalue weighted by atomic mass is 35.5. The van der Waals surface area contributed by atoms with Crippen molar-refractivity contribution >= 4 is 52.6 Å². The second kappa shape index (κ2) is 9.78. The molecule has 144 valence electrons. The molecule has 1 amide bonds. The van der Waals surface area contributed by atoms with Crippen LogP contribution in [0.25, 0.3) is 0 Å². The zero-order valence-corrected chi connectivity index (χ0v) is 17.1. The highest BCUT2D eigenvalue weighted by molar-refractivity contribution is 6.46. The van der Waals surface area contributed by atoms with Gasteiger partial charge in [-0.1, -0.05) is 48.7 Å². The van der Waals surface area contributed by atoms with Crippen molar-refractivity contribution < 1.29 is 9.53 Å². The van der Waals surface area contributed by atoms with E-state index >= 15 is 0 Å². The number of carbonyl (C=O) groups excluding carboxylic acids is 1. The summed E-state index contributed by atoms with van der Waals surface area (Å²) in [5.41, 5.74) is 8.61. The standard InChI is InChI=1S/C18H19Cl3N4O2/c1-10(2)7-8-27-12-5-3-11(4-6-12)9-23-25-18(26)16-13(19)15(22)14(20)17(21)24-16/h3-6,9-10H,7-8H2,1-2H3,(H2,22,24)(H,25,26). The minimum absolute atomic E-state index is 0.00239. The molecule has 0 radical (unpaired) electrons. The molecule has 3 N–H and O–H groups in total. The lowest BCUT2D eigenvalue weighted by Crippen LogP contribution is -2.20. The molecule has 6 nitrogen and oxygen atoms in total. The number of anilines is 1. The van der Waals surface area contributed by atoms with Gasteiger partial charge < -0.3 is 10.5 Å². The van der Waals surface area contributed by atoms with Crippen LogP contribution < -0.4 is 15.9 Å². The SMILES string of the molecule is CC(C)CCOc1ccc(C=NNC(=O)c2nc(Cl)c(Cl)c(N)c2Cl)cc1. The lowest BCUT2D eigenvalue weighted by Gasteiger charge is -2.08. The van der Waals surface area contributed by atoms with E-state index in [9.17, 15) is 4.79 Å². The van der Waals surface area contributed by atoms with Gasteiger partial charge in [-0.3, -0.25) is 4.79 Å². The van der Waals surface area contributed by atoms with E-state index in [-0.39, 0.29) is 26.6 Å². The van der Waals surface area contributed by atoms with Gasteiger partial charge in [0.15, 0.2) is 10.8 Å². The first kappa shape index (κ1) is 21.3. The average Bonchev–Trinajstić information content (AvgIpc) is 2.64. The number of hydrogen-bond acceptors (Lipinski definition) is 5. The van der Waals surface area contributed by atoms with Gasteiger partial charge in [-0.15, -0.1) is 0 Å². The largest absolute Gasteiger partial charge is 0.494 e. The van der Waals surface area contributed by atoms with E-state index in [1.165, 1.54) is 6.21 Å². The molecule has 1 aromatic heterocycles. The molecule has 1 heterocycles. The number of rotatable bonds is 7. The fourth-order valence-corrected chi connectivity index (χ4v) is 2.56. The number of hydrazone groups is 1. The molecule has 2 rings (SSSR count). The smallest absolute Gasteiger partial charge is 0.291 e. The molecular formula is C18H19Cl3N4O2. The highest BCUT2D eigenvalue weighted by Crippen LogP contribution is 2.34. The lowest BCUT2D eigenvalue weighted by molar-refractivity contribution is 0.0950. The van der Waals surface area contributed by atoms with Gasteiger partial charge in [-0.25, -0.2) is 10.4 Å². The minimum Gasteiger partial charge on any atom is -0.494 e. The molecule has 0 fully saturated rings. The number of ether oxygens (including phenoxy) is 1. The third-order valence-electron chi connectivity index (χ3n) is 3.51. The summed E-state index contributed by atoms with van der Waals surface area (Å²) in [5, 5.41) is 3.68. The third-order valence-corrected chi connectivity index (χ3v) is 4.65. The summed E-state index contributed by atoms with van der Waals surface area (Å²) >= 11 is 17.6. The average molecular weight is 430 g/mol. The third kappa shape index (κ3) is 5.99. The van der Waals surface area contributed by atoms with E-state index in [1.807, 2.05) is 24.3 Å². The van der Waals surface area contributed by atoms with Crippen molar-refractivity contribution in [2.24, 2.45) is 11.0 Å². The van der Waals surface area contributed by atoms with E-state index < -0.39 is 5.91 Å². The van der Waals surface area contributed by atoms with Crippen molar-refractivity contribution in [1.29, 1.82) is 0 Å². The van der Waals surface area contributed by atoms with Gasteiger partial charge in [0.05, 0.1) is 23.5 Å². The number of halogens is 3. The lowest BCUT2D eigenvalue weighted by atomic mass is 10.1. The quantitative estimate of drug-likeness (QED) is 0.375. The predicted octanol–water partition coefficient (Wildman–Crippen LogP) is 4.81. The molecule has 0 saturated heterocycles. The maximum Gasteiger partial charge on any atom is 0.291 e. The molecule has 0 saturated carbocycles. The van der Waals surface area contributed by atoms with E-state index in [4.69, 9.17) is 45.3 Å². The number of nitrogens with one attached hydrogen (secondary N) is 1. The monoisotopic (exact) mass is 428 g/mol. The Morgan fingerprint density at radius 3 is 2.56 bits per heavy atom. The van der Waals surface area contributed by atoms with Crippen molar-refractivity contribution in [2.75, 3.05) is 12.3 Å². The van der Waals surface area contributed by atoms with Gasteiger partial charge in [-0.05, 0) is 42.2 Å². The summed E-state index contributed by atoms with van der Waals surface area (Å²) in [6.45, 7) is 4.96. The van der Waals surface area contributed by atoms with E-state index in [2.05, 4.69) is 29.4 Å². The van der Waals surface area contributed by atoms with Crippen LogP contribution in [0.15, 0.2) is 29.4 Å². The second-order valence-corrected chi connectivity index (χ2v) is 7.21. The molecule has 0 unspecified atom stereocenters. The van der Waals surface area contributed by atoms with E-state index in [0.29, 0.717) is 12.5 Å². The van der Waals surface area contributed by atoms with Gasteiger partial charge in [0, 0.05) is 0 Å². The number of aromatic nitrogens is 1. The van der Waals surface area contributed by atoms with Crippen LogP contribution in [-0.4, -0.2) is 23.7 Å². The zero-order chi connectivity index (χ0) is 20.0. The molecule has 0 aliphatic carbocycles. The summed E-state index contributed by atoms with van der Waals surface area (Å²) in [4.78, 5) is 16.0. The van der Waals surface area contributed by atoms with Crippen LogP contribution in [0, 0.1) is 5.92 Å². The first-order chi connectivity index (χ1) is 12.8. The molecule has 27 heavy (non-hydrogen) atoms. The number of amides is 1. The maximum absolute atomic E-state index is 12.1. The molecule has 2 aromatic rings. The number of nitrogen functional groups attached to an aromatic ring is 1. The van der Waals surface area contributed by atoms with Crippen LogP contribution in [0.4, 0.5) is 5.69 Å². The molecule has 1 aromatic carbocycles. The summed E-state index contributed by atoms with van der Waals surface area (Å²) in [5.74, 6) is 0.711. The van der Waals surface area contributed by atoms with Crippen LogP contribution in [0.2, 0.25) is 15.2 Å². The number of hydrogen-bond donors (Lipinski definition) is 2. The first-order valence-electron chi connectivity index (χ1n) is 8.15. The Morgan fingerprint density at radius 1 is 1.26 bits per heavy atom. The van der Waals surface area contributed by atoms with E-state index in [1.54, 1.807) is 0 Å². The molecule has 0 bridgehead atoms. The Kier molecular flexibility index (Phi) is 7.71. The fraction of sp³-hybridized carbons (Fsp3) is 0.278. The van der Waals surface area contributed by atoms with Crippen molar-refractivity contribution in [3.8, 4) is 5.75 Å². The molecule has 0 spiro atoms. The molecule has 0 aliphatic rings.